The topological polar surface area (TPSA) is 20.3 Å². The van der Waals surface area contributed by atoms with E-state index >= 15 is 0 Å². The normalized spacial score (nSPS) is 11.6. The SMILES string of the molecule is [CH2-]C(C)C(=O)N(C)C.[Y]. The van der Waals surface area contributed by atoms with E-state index in [9.17, 15) is 4.79 Å². The van der Waals surface area contributed by atoms with E-state index in [1.54, 1.807) is 21.0 Å². The quantitative estimate of drug-likeness (QED) is 0.569. The number of carbonyl (C=O) groups excluding carboxylic acids is 1. The molecule has 0 saturated carbocycles. The van der Waals surface area contributed by atoms with Gasteiger partial charge in [0.15, 0.2) is 5.91 Å². The summed E-state index contributed by atoms with van der Waals surface area (Å²) in [4.78, 5) is 12.2. The number of hydrogen-bond acceptors (Lipinski definition) is 1. The zero-order valence-corrected chi connectivity index (χ0v) is 9.06. The van der Waals surface area contributed by atoms with E-state index in [0.29, 0.717) is 0 Å². The smallest absolute Gasteiger partial charge is 0.194 e. The van der Waals surface area contributed by atoms with E-state index in [-0.39, 0.29) is 44.5 Å². The van der Waals surface area contributed by atoms with Crippen molar-refractivity contribution in [2.45, 2.75) is 6.92 Å². The molecule has 0 spiro atoms. The molecule has 0 aromatic rings. The first-order valence-corrected chi connectivity index (χ1v) is 2.60. The van der Waals surface area contributed by atoms with E-state index in [0.717, 1.165) is 0 Å². The van der Waals surface area contributed by atoms with E-state index in [4.69, 9.17) is 0 Å². The van der Waals surface area contributed by atoms with Gasteiger partial charge in [0.2, 0.25) is 0 Å². The molecular formula is C6H12NOY-. The van der Waals surface area contributed by atoms with Gasteiger partial charge in [0.1, 0.15) is 0 Å². The van der Waals surface area contributed by atoms with Crippen molar-refractivity contribution in [1.29, 1.82) is 0 Å². The third-order valence-corrected chi connectivity index (χ3v) is 0.862. The van der Waals surface area contributed by atoms with Crippen LogP contribution in [0.4, 0.5) is 0 Å². The molecule has 0 aromatic heterocycles. The van der Waals surface area contributed by atoms with Crippen LogP contribution in [0.15, 0.2) is 0 Å². The summed E-state index contributed by atoms with van der Waals surface area (Å²) in [7, 11) is 3.45. The third-order valence-electron chi connectivity index (χ3n) is 0.862. The van der Waals surface area contributed by atoms with E-state index in [2.05, 4.69) is 6.92 Å². The monoisotopic (exact) mass is 203 g/mol. The third kappa shape index (κ3) is 5.04. The molecule has 2 nitrogen and oxygen atoms in total. The molecule has 0 aliphatic rings. The molecule has 0 aromatic carbocycles. The van der Waals surface area contributed by atoms with Crippen molar-refractivity contribution >= 4 is 5.91 Å². The van der Waals surface area contributed by atoms with Crippen LogP contribution >= 0.6 is 0 Å². The van der Waals surface area contributed by atoms with Crippen LogP contribution < -0.4 is 0 Å². The van der Waals surface area contributed by atoms with Gasteiger partial charge < -0.3 is 11.8 Å². The van der Waals surface area contributed by atoms with Crippen LogP contribution in [-0.4, -0.2) is 24.9 Å². The summed E-state index contributed by atoms with van der Waals surface area (Å²) in [5.41, 5.74) is 0. The Morgan fingerprint density at radius 3 is 1.89 bits per heavy atom. The van der Waals surface area contributed by atoms with Gasteiger partial charge in [0.05, 0.1) is 0 Å². The molecule has 0 bridgehead atoms. The van der Waals surface area contributed by atoms with Gasteiger partial charge in [0, 0.05) is 46.8 Å². The Labute approximate surface area is 81.9 Å². The zero-order valence-electron chi connectivity index (χ0n) is 6.22. The van der Waals surface area contributed by atoms with Crippen LogP contribution in [0.3, 0.4) is 0 Å². The Bertz CT molecular complexity index is 81.1. The fourth-order valence-electron chi connectivity index (χ4n) is 0.441. The van der Waals surface area contributed by atoms with Gasteiger partial charge >= 0.3 is 0 Å². The minimum absolute atomic E-state index is 0. The van der Waals surface area contributed by atoms with Crippen LogP contribution in [0.5, 0.6) is 0 Å². The van der Waals surface area contributed by atoms with Gasteiger partial charge in [-0.1, -0.05) is 12.8 Å². The maximum absolute atomic E-state index is 10.7. The number of amides is 1. The van der Waals surface area contributed by atoms with E-state index < -0.39 is 0 Å². The number of rotatable bonds is 1. The van der Waals surface area contributed by atoms with Crippen LogP contribution in [0.1, 0.15) is 6.92 Å². The number of carbonyl (C=O) groups is 1. The molecule has 0 fully saturated rings. The second-order valence-electron chi connectivity index (χ2n) is 2.13. The van der Waals surface area contributed by atoms with Crippen molar-refractivity contribution in [3.8, 4) is 0 Å². The van der Waals surface area contributed by atoms with E-state index in [1.807, 2.05) is 0 Å². The molecule has 0 heterocycles. The van der Waals surface area contributed by atoms with Gasteiger partial charge in [-0.3, -0.25) is 4.79 Å². The molecule has 51 valence electrons. The van der Waals surface area contributed by atoms with E-state index in [1.165, 1.54) is 4.90 Å². The van der Waals surface area contributed by atoms with Crippen LogP contribution in [0, 0.1) is 12.8 Å². The first kappa shape index (κ1) is 12.3. The predicted octanol–water partition coefficient (Wildman–Crippen LogP) is 0.542. The molecule has 1 unspecified atom stereocenters. The van der Waals surface area contributed by atoms with Crippen molar-refractivity contribution in [2.24, 2.45) is 5.92 Å². The average Bonchev–Trinajstić information content (AvgIpc) is 1.64. The molecule has 3 heteroatoms. The Kier molecular flexibility index (Phi) is 7.31. The molecular weight excluding hydrogens is 191 g/mol. The number of nitrogens with zero attached hydrogens (tertiary/aromatic N) is 1. The van der Waals surface area contributed by atoms with Gasteiger partial charge in [-0.15, -0.1) is 0 Å². The summed E-state index contributed by atoms with van der Waals surface area (Å²) in [6, 6.07) is 0. The maximum atomic E-state index is 10.7. The molecule has 9 heavy (non-hydrogen) atoms. The van der Waals surface area contributed by atoms with Crippen molar-refractivity contribution in [1.82, 2.24) is 4.90 Å². The van der Waals surface area contributed by atoms with Crippen molar-refractivity contribution < 1.29 is 37.5 Å². The second-order valence-corrected chi connectivity index (χ2v) is 2.13. The standard InChI is InChI=1S/C6H12NO.Y/c1-5(2)6(8)7(3)4;/h5H,1H2,2-4H3;/q-1;. The summed E-state index contributed by atoms with van der Waals surface area (Å²) < 4.78 is 0. The van der Waals surface area contributed by atoms with Crippen LogP contribution in [-0.2, 0) is 37.5 Å². The second kappa shape index (κ2) is 5.37. The first-order chi connectivity index (χ1) is 3.55. The van der Waals surface area contributed by atoms with Crippen molar-refractivity contribution in [3.05, 3.63) is 6.92 Å². The zero-order chi connectivity index (χ0) is 6.73. The Hall–Kier alpha value is 0.574. The molecule has 0 N–H and O–H groups in total. The van der Waals surface area contributed by atoms with Gasteiger partial charge in [-0.05, 0) is 0 Å². The molecule has 0 rings (SSSR count). The van der Waals surface area contributed by atoms with Gasteiger partial charge in [0.25, 0.3) is 0 Å². The minimum atomic E-state index is -0.120. The number of hydrogen-bond donors (Lipinski definition) is 0. The van der Waals surface area contributed by atoms with Crippen molar-refractivity contribution in [3.63, 3.8) is 0 Å². The molecule has 1 atom stereocenters. The summed E-state index contributed by atoms with van der Waals surface area (Å²) in [6.45, 7) is 5.35. The maximum Gasteiger partial charge on any atom is 0.194 e. The Balaban J connectivity index is 0. The summed E-state index contributed by atoms with van der Waals surface area (Å²) >= 11 is 0. The fraction of sp³-hybridized carbons (Fsp3) is 0.667. The average molecular weight is 203 g/mol. The predicted molar refractivity (Wildman–Crippen MR) is 33.2 cm³/mol. The molecule has 1 radical (unpaired) electrons. The first-order valence-electron chi connectivity index (χ1n) is 2.60. The Morgan fingerprint density at radius 1 is 1.56 bits per heavy atom. The van der Waals surface area contributed by atoms with Crippen LogP contribution in [0.25, 0.3) is 0 Å². The summed E-state index contributed by atoms with van der Waals surface area (Å²) in [5.74, 6) is -0.0463. The van der Waals surface area contributed by atoms with Crippen molar-refractivity contribution in [2.75, 3.05) is 14.1 Å². The molecule has 0 aliphatic carbocycles. The van der Waals surface area contributed by atoms with Gasteiger partial charge in [-0.25, -0.2) is 0 Å². The largest absolute Gasteiger partial charge is 0.351 e. The molecule has 0 saturated heterocycles. The molecule has 0 aliphatic heterocycles. The minimum Gasteiger partial charge on any atom is -0.351 e. The summed E-state index contributed by atoms with van der Waals surface area (Å²) in [5, 5.41) is 0. The summed E-state index contributed by atoms with van der Waals surface area (Å²) in [6.07, 6.45) is 0. The molecule has 1 amide bonds. The Morgan fingerprint density at radius 2 is 1.89 bits per heavy atom. The fourth-order valence-corrected chi connectivity index (χ4v) is 0.441. The van der Waals surface area contributed by atoms with Crippen LogP contribution in [0.2, 0.25) is 0 Å². The van der Waals surface area contributed by atoms with Gasteiger partial charge in [-0.2, -0.15) is 0 Å².